The maximum absolute atomic E-state index is 12.7. The first kappa shape index (κ1) is 22.3. The number of hydrogen-bond donors (Lipinski definition) is 2. The minimum atomic E-state index is -2.64. The number of hydrogen-bond acceptors (Lipinski definition) is 3. The summed E-state index contributed by atoms with van der Waals surface area (Å²) in [5.41, 5.74) is 6.41. The second-order valence-corrected chi connectivity index (χ2v) is 5.64. The van der Waals surface area contributed by atoms with Crippen molar-refractivity contribution >= 4 is 24.2 Å². The molecule has 0 radical (unpaired) electrons. The summed E-state index contributed by atoms with van der Waals surface area (Å²) in [4.78, 5) is 24.9. The number of benzene rings is 1. The third kappa shape index (κ3) is 7.70. The van der Waals surface area contributed by atoms with Gasteiger partial charge in [0.15, 0.2) is 0 Å². The zero-order valence-electron chi connectivity index (χ0n) is 13.7. The monoisotopic (exact) mass is 363 g/mol. The Labute approximate surface area is 147 Å². The second-order valence-electron chi connectivity index (χ2n) is 5.64. The molecule has 2 amide bonds. The molecule has 1 atom stereocenters. The van der Waals surface area contributed by atoms with Crippen LogP contribution in [0.2, 0.25) is 0 Å². The Morgan fingerprint density at radius 3 is 2.29 bits per heavy atom. The smallest absolute Gasteiger partial charge is 0.255 e. The first-order valence-corrected chi connectivity index (χ1v) is 7.44. The first-order chi connectivity index (χ1) is 10.8. The lowest BCUT2D eigenvalue weighted by molar-refractivity contribution is -0.135. The van der Waals surface area contributed by atoms with Crippen LogP contribution in [0.25, 0.3) is 0 Å². The van der Waals surface area contributed by atoms with Crippen LogP contribution in [0.4, 0.5) is 8.78 Å². The maximum Gasteiger partial charge on any atom is 0.255 e. The molecule has 136 valence electrons. The first-order valence-electron chi connectivity index (χ1n) is 7.44. The molecule has 0 aromatic heterocycles. The molecule has 8 heteroatoms. The van der Waals surface area contributed by atoms with Crippen molar-refractivity contribution in [2.24, 2.45) is 11.7 Å². The van der Waals surface area contributed by atoms with Gasteiger partial charge >= 0.3 is 0 Å². The van der Waals surface area contributed by atoms with Crippen molar-refractivity contribution in [3.8, 4) is 0 Å². The molecule has 24 heavy (non-hydrogen) atoms. The summed E-state index contributed by atoms with van der Waals surface area (Å²) in [5.74, 6) is -1.12. The van der Waals surface area contributed by atoms with E-state index in [4.69, 9.17) is 5.73 Å². The quantitative estimate of drug-likeness (QED) is 0.739. The SMILES string of the molecule is CC(C)[C@H](N)C(=O)NCC(=O)N(Cc1ccccc1)CC(F)F.Cl. The van der Waals surface area contributed by atoms with Gasteiger partial charge in [-0.25, -0.2) is 8.78 Å². The highest BCUT2D eigenvalue weighted by Crippen LogP contribution is 2.07. The van der Waals surface area contributed by atoms with Gasteiger partial charge in [0.25, 0.3) is 6.43 Å². The van der Waals surface area contributed by atoms with Gasteiger partial charge in [-0.2, -0.15) is 0 Å². The number of halogens is 3. The summed E-state index contributed by atoms with van der Waals surface area (Å²) in [5, 5.41) is 2.40. The van der Waals surface area contributed by atoms with Gasteiger partial charge in [-0.1, -0.05) is 44.2 Å². The maximum atomic E-state index is 12.7. The lowest BCUT2D eigenvalue weighted by atomic mass is 10.1. The van der Waals surface area contributed by atoms with E-state index in [1.165, 1.54) is 0 Å². The van der Waals surface area contributed by atoms with E-state index < -0.39 is 30.8 Å². The molecular weight excluding hydrogens is 340 g/mol. The van der Waals surface area contributed by atoms with Crippen LogP contribution < -0.4 is 11.1 Å². The molecule has 3 N–H and O–H groups in total. The Balaban J connectivity index is 0.00000529. The fourth-order valence-electron chi connectivity index (χ4n) is 1.92. The van der Waals surface area contributed by atoms with E-state index in [2.05, 4.69) is 5.32 Å². The Morgan fingerprint density at radius 1 is 1.21 bits per heavy atom. The number of nitrogens with zero attached hydrogens (tertiary/aromatic N) is 1. The fraction of sp³-hybridized carbons (Fsp3) is 0.500. The van der Waals surface area contributed by atoms with Crippen molar-refractivity contribution in [1.29, 1.82) is 0 Å². The van der Waals surface area contributed by atoms with E-state index in [1.807, 2.05) is 0 Å². The Bertz CT molecular complexity index is 515. The van der Waals surface area contributed by atoms with Crippen molar-refractivity contribution in [2.45, 2.75) is 32.9 Å². The summed E-state index contributed by atoms with van der Waals surface area (Å²) in [6, 6.07) is 8.10. The zero-order valence-corrected chi connectivity index (χ0v) is 14.6. The standard InChI is InChI=1S/C16H23F2N3O2.ClH/c1-11(2)15(19)16(23)20-8-14(22)21(10-13(17)18)9-12-6-4-3-5-7-12;/h3-7,11,13,15H,8-10,19H2,1-2H3,(H,20,23);1H/t15-;/m0./s1. The number of carbonyl (C=O) groups is 2. The van der Waals surface area contributed by atoms with Gasteiger partial charge < -0.3 is 16.0 Å². The molecule has 5 nitrogen and oxygen atoms in total. The molecule has 0 aliphatic rings. The number of carbonyl (C=O) groups excluding carboxylic acids is 2. The van der Waals surface area contributed by atoms with Gasteiger partial charge in [-0.3, -0.25) is 9.59 Å². The van der Waals surface area contributed by atoms with Crippen LogP contribution >= 0.6 is 12.4 Å². The van der Waals surface area contributed by atoms with E-state index in [-0.39, 0.29) is 31.4 Å². The fourth-order valence-corrected chi connectivity index (χ4v) is 1.92. The predicted octanol–water partition coefficient (Wildman–Crippen LogP) is 1.80. The molecule has 0 unspecified atom stereocenters. The molecule has 0 saturated carbocycles. The summed E-state index contributed by atoms with van der Waals surface area (Å²) >= 11 is 0. The number of rotatable bonds is 8. The Morgan fingerprint density at radius 2 is 1.79 bits per heavy atom. The molecule has 0 heterocycles. The van der Waals surface area contributed by atoms with Crippen LogP contribution in [-0.4, -0.2) is 42.3 Å². The molecule has 0 spiro atoms. The van der Waals surface area contributed by atoms with E-state index >= 15 is 0 Å². The molecule has 0 aliphatic heterocycles. The molecule has 0 bridgehead atoms. The summed E-state index contributed by atoms with van der Waals surface area (Å²) in [6.45, 7) is 2.60. The predicted molar refractivity (Wildman–Crippen MR) is 90.9 cm³/mol. The normalized spacial score (nSPS) is 11.8. The molecule has 0 saturated heterocycles. The van der Waals surface area contributed by atoms with Gasteiger partial charge in [-0.15, -0.1) is 12.4 Å². The van der Waals surface area contributed by atoms with Gasteiger partial charge in [-0.05, 0) is 11.5 Å². The minimum Gasteiger partial charge on any atom is -0.346 e. The van der Waals surface area contributed by atoms with Crippen molar-refractivity contribution < 1.29 is 18.4 Å². The van der Waals surface area contributed by atoms with Crippen molar-refractivity contribution in [3.63, 3.8) is 0 Å². The van der Waals surface area contributed by atoms with Gasteiger partial charge in [0.2, 0.25) is 11.8 Å². The highest BCUT2D eigenvalue weighted by Gasteiger charge is 2.21. The molecule has 0 fully saturated rings. The van der Waals surface area contributed by atoms with Crippen LogP contribution in [0.5, 0.6) is 0 Å². The third-order valence-electron chi connectivity index (χ3n) is 3.36. The lowest BCUT2D eigenvalue weighted by Gasteiger charge is -2.23. The largest absolute Gasteiger partial charge is 0.346 e. The summed E-state index contributed by atoms with van der Waals surface area (Å²) in [6.07, 6.45) is -2.64. The highest BCUT2D eigenvalue weighted by atomic mass is 35.5. The topological polar surface area (TPSA) is 75.4 Å². The van der Waals surface area contributed by atoms with E-state index in [0.29, 0.717) is 0 Å². The van der Waals surface area contributed by atoms with E-state index in [0.717, 1.165) is 10.5 Å². The van der Waals surface area contributed by atoms with Crippen molar-refractivity contribution in [3.05, 3.63) is 35.9 Å². The van der Waals surface area contributed by atoms with Crippen LogP contribution in [0, 0.1) is 5.92 Å². The van der Waals surface area contributed by atoms with E-state index in [9.17, 15) is 18.4 Å². The van der Waals surface area contributed by atoms with E-state index in [1.54, 1.807) is 44.2 Å². The van der Waals surface area contributed by atoms with Crippen molar-refractivity contribution in [2.75, 3.05) is 13.1 Å². The van der Waals surface area contributed by atoms with Gasteiger partial charge in [0.05, 0.1) is 19.1 Å². The number of nitrogens with two attached hydrogens (primary N) is 1. The average Bonchev–Trinajstić information content (AvgIpc) is 2.51. The molecule has 1 aromatic carbocycles. The van der Waals surface area contributed by atoms with Gasteiger partial charge in [0.1, 0.15) is 0 Å². The Hall–Kier alpha value is -1.73. The van der Waals surface area contributed by atoms with Crippen LogP contribution in [-0.2, 0) is 16.1 Å². The van der Waals surface area contributed by atoms with Crippen LogP contribution in [0.1, 0.15) is 19.4 Å². The van der Waals surface area contributed by atoms with Crippen molar-refractivity contribution in [1.82, 2.24) is 10.2 Å². The number of alkyl halides is 2. The number of amides is 2. The second kappa shape index (κ2) is 10.9. The minimum absolute atomic E-state index is 0. The number of nitrogens with one attached hydrogen (secondary N) is 1. The molecule has 1 rings (SSSR count). The zero-order chi connectivity index (χ0) is 17.4. The van der Waals surface area contributed by atoms with Crippen LogP contribution in [0.3, 0.4) is 0 Å². The molecular formula is C16H24ClF2N3O2. The molecule has 1 aromatic rings. The van der Waals surface area contributed by atoms with Gasteiger partial charge in [0, 0.05) is 6.54 Å². The summed E-state index contributed by atoms with van der Waals surface area (Å²) in [7, 11) is 0. The highest BCUT2D eigenvalue weighted by molar-refractivity contribution is 5.87. The summed E-state index contributed by atoms with van der Waals surface area (Å²) < 4.78 is 25.4. The third-order valence-corrected chi connectivity index (χ3v) is 3.36. The molecule has 0 aliphatic carbocycles. The average molecular weight is 364 g/mol. The van der Waals surface area contributed by atoms with Crippen LogP contribution in [0.15, 0.2) is 30.3 Å². The lowest BCUT2D eigenvalue weighted by Crippen LogP contribution is -2.48. The Kier molecular flexibility index (Phi) is 10.1.